The SMILES string of the molecule is C#CC(C#CC(C#CC(C#C)=C(c1ccccc1)c1ccccc1)=C(c1ccccc1)c1ccccc1)=C(c1ccccc1)c1ccccc1. The molecule has 0 saturated carbocycles. The monoisotopic (exact) mass is 632 g/mol. The predicted molar refractivity (Wildman–Crippen MR) is 210 cm³/mol. The minimum absolute atomic E-state index is 0.559. The summed E-state index contributed by atoms with van der Waals surface area (Å²) in [6.45, 7) is 0. The molecular formula is C50H32. The molecule has 0 radical (unpaired) electrons. The van der Waals surface area contributed by atoms with Crippen LogP contribution in [0, 0.1) is 48.4 Å². The lowest BCUT2D eigenvalue weighted by Crippen LogP contribution is -1.95. The smallest absolute Gasteiger partial charge is 0.0836 e. The van der Waals surface area contributed by atoms with E-state index in [0.29, 0.717) is 16.7 Å². The Hall–Kier alpha value is -7.22. The van der Waals surface area contributed by atoms with Gasteiger partial charge in [-0.2, -0.15) is 0 Å². The Morgan fingerprint density at radius 2 is 0.440 bits per heavy atom. The number of rotatable bonds is 6. The highest BCUT2D eigenvalue weighted by Crippen LogP contribution is 2.30. The van der Waals surface area contributed by atoms with E-state index in [2.05, 4.69) is 108 Å². The maximum absolute atomic E-state index is 6.25. The first-order chi connectivity index (χ1) is 24.8. The van der Waals surface area contributed by atoms with Crippen LogP contribution < -0.4 is 0 Å². The summed E-state index contributed by atoms with van der Waals surface area (Å²) in [4.78, 5) is 0. The summed E-state index contributed by atoms with van der Waals surface area (Å²) in [5.74, 6) is 19.5. The average molecular weight is 633 g/mol. The molecule has 6 rings (SSSR count). The molecule has 0 saturated heterocycles. The molecule has 0 N–H and O–H groups in total. The van der Waals surface area contributed by atoms with Crippen molar-refractivity contribution >= 4 is 16.7 Å². The summed E-state index contributed by atoms with van der Waals surface area (Å²) in [5.41, 5.74) is 10.3. The highest BCUT2D eigenvalue weighted by molar-refractivity contribution is 5.92. The van der Waals surface area contributed by atoms with Crippen LogP contribution in [-0.4, -0.2) is 0 Å². The van der Waals surface area contributed by atoms with Gasteiger partial charge in [0.25, 0.3) is 0 Å². The van der Waals surface area contributed by atoms with Crippen LogP contribution in [0.25, 0.3) is 16.7 Å². The maximum Gasteiger partial charge on any atom is 0.0836 e. The van der Waals surface area contributed by atoms with E-state index in [1.54, 1.807) is 0 Å². The molecule has 50 heavy (non-hydrogen) atoms. The van der Waals surface area contributed by atoms with Crippen LogP contribution in [0.1, 0.15) is 33.4 Å². The Morgan fingerprint density at radius 1 is 0.260 bits per heavy atom. The summed E-state index contributed by atoms with van der Waals surface area (Å²) in [5, 5.41) is 0. The van der Waals surface area contributed by atoms with E-state index < -0.39 is 0 Å². The van der Waals surface area contributed by atoms with E-state index >= 15 is 0 Å². The number of benzene rings is 6. The first kappa shape index (κ1) is 32.7. The first-order valence-corrected chi connectivity index (χ1v) is 16.3. The van der Waals surface area contributed by atoms with Crippen molar-refractivity contribution in [2.45, 2.75) is 0 Å². The van der Waals surface area contributed by atoms with Crippen molar-refractivity contribution in [3.8, 4) is 48.4 Å². The van der Waals surface area contributed by atoms with E-state index in [4.69, 9.17) is 12.8 Å². The molecule has 0 fully saturated rings. The van der Waals surface area contributed by atoms with E-state index in [9.17, 15) is 0 Å². The van der Waals surface area contributed by atoms with Crippen molar-refractivity contribution < 1.29 is 0 Å². The normalized spacial score (nSPS) is 9.64. The molecule has 0 aromatic heterocycles. The minimum atomic E-state index is 0.559. The fourth-order valence-electron chi connectivity index (χ4n) is 5.74. The van der Waals surface area contributed by atoms with Gasteiger partial charge in [-0.15, -0.1) is 12.8 Å². The third kappa shape index (κ3) is 7.83. The molecule has 0 heteroatoms. The van der Waals surface area contributed by atoms with Crippen molar-refractivity contribution in [3.63, 3.8) is 0 Å². The molecule has 0 bridgehead atoms. The van der Waals surface area contributed by atoms with Gasteiger partial charge in [0.1, 0.15) is 0 Å². The maximum atomic E-state index is 6.25. The molecule has 0 aliphatic rings. The van der Waals surface area contributed by atoms with E-state index in [1.165, 1.54) is 0 Å². The number of allylic oxidation sites excluding steroid dienone is 3. The van der Waals surface area contributed by atoms with Gasteiger partial charge in [0.15, 0.2) is 0 Å². The average Bonchev–Trinajstić information content (AvgIpc) is 3.20. The second kappa shape index (κ2) is 16.6. The summed E-state index contributed by atoms with van der Waals surface area (Å²) in [7, 11) is 0. The summed E-state index contributed by atoms with van der Waals surface area (Å²) >= 11 is 0. The zero-order valence-electron chi connectivity index (χ0n) is 27.5. The molecule has 6 aromatic rings. The second-order valence-corrected chi connectivity index (χ2v) is 11.2. The zero-order valence-corrected chi connectivity index (χ0v) is 27.5. The molecule has 0 unspecified atom stereocenters. The largest absolute Gasteiger partial charge is 0.114 e. The molecule has 0 aliphatic heterocycles. The van der Waals surface area contributed by atoms with Crippen molar-refractivity contribution in [3.05, 3.63) is 232 Å². The van der Waals surface area contributed by atoms with E-state index in [-0.39, 0.29) is 0 Å². The van der Waals surface area contributed by atoms with E-state index in [1.807, 2.05) is 109 Å². The van der Waals surface area contributed by atoms with Gasteiger partial charge in [-0.3, -0.25) is 0 Å². The Bertz CT molecular complexity index is 2120. The van der Waals surface area contributed by atoms with Gasteiger partial charge >= 0.3 is 0 Å². The fourth-order valence-corrected chi connectivity index (χ4v) is 5.74. The lowest BCUT2D eigenvalue weighted by Gasteiger charge is -2.11. The van der Waals surface area contributed by atoms with Gasteiger partial charge in [-0.25, -0.2) is 0 Å². The summed E-state index contributed by atoms with van der Waals surface area (Å²) in [6, 6.07) is 60.8. The zero-order chi connectivity index (χ0) is 34.4. The van der Waals surface area contributed by atoms with Crippen molar-refractivity contribution in [1.82, 2.24) is 0 Å². The molecular weight excluding hydrogens is 601 g/mol. The Labute approximate surface area is 296 Å². The Morgan fingerprint density at radius 3 is 0.640 bits per heavy atom. The van der Waals surface area contributed by atoms with Gasteiger partial charge in [0.2, 0.25) is 0 Å². The number of hydrogen-bond acceptors (Lipinski definition) is 0. The quantitative estimate of drug-likeness (QED) is 0.160. The van der Waals surface area contributed by atoms with E-state index in [0.717, 1.165) is 50.1 Å². The number of terminal acetylenes is 2. The molecule has 0 amide bonds. The van der Waals surface area contributed by atoms with Gasteiger partial charge in [-0.05, 0) is 33.4 Å². The van der Waals surface area contributed by atoms with Crippen LogP contribution in [0.2, 0.25) is 0 Å². The Balaban J connectivity index is 1.66. The second-order valence-electron chi connectivity index (χ2n) is 11.2. The van der Waals surface area contributed by atoms with Gasteiger partial charge in [-0.1, -0.05) is 218 Å². The molecule has 0 aliphatic carbocycles. The fraction of sp³-hybridized carbons (Fsp3) is 0. The third-order valence-electron chi connectivity index (χ3n) is 8.04. The first-order valence-electron chi connectivity index (χ1n) is 16.3. The van der Waals surface area contributed by atoms with Crippen LogP contribution in [0.5, 0.6) is 0 Å². The molecule has 6 aromatic carbocycles. The summed E-state index contributed by atoms with van der Waals surface area (Å²) < 4.78 is 0. The van der Waals surface area contributed by atoms with Crippen LogP contribution >= 0.6 is 0 Å². The van der Waals surface area contributed by atoms with Gasteiger partial charge < -0.3 is 0 Å². The molecule has 0 atom stereocenters. The van der Waals surface area contributed by atoms with Crippen molar-refractivity contribution in [2.24, 2.45) is 0 Å². The molecule has 0 heterocycles. The standard InChI is InChI=1S/C50H32/c1-3-39(48(41-23-11-5-12-24-41)42-25-13-6-14-26-42)35-37-47(50(45-31-19-9-20-32-45)46-33-21-10-22-34-46)38-36-40(4-2)49(43-27-15-7-16-28-43)44-29-17-8-18-30-44/h1-2,5-34H. The highest BCUT2D eigenvalue weighted by atomic mass is 14.2. The molecule has 0 nitrogen and oxygen atoms in total. The topological polar surface area (TPSA) is 0 Å². The van der Waals surface area contributed by atoms with Crippen molar-refractivity contribution in [1.29, 1.82) is 0 Å². The van der Waals surface area contributed by atoms with Crippen LogP contribution in [0.15, 0.2) is 199 Å². The van der Waals surface area contributed by atoms with Crippen molar-refractivity contribution in [2.75, 3.05) is 0 Å². The third-order valence-corrected chi connectivity index (χ3v) is 8.04. The minimum Gasteiger partial charge on any atom is -0.114 e. The van der Waals surface area contributed by atoms with Crippen LogP contribution in [-0.2, 0) is 0 Å². The van der Waals surface area contributed by atoms with Crippen LogP contribution in [0.4, 0.5) is 0 Å². The molecule has 0 spiro atoms. The predicted octanol–water partition coefficient (Wildman–Crippen LogP) is 10.8. The molecule has 232 valence electrons. The van der Waals surface area contributed by atoms with Gasteiger partial charge in [0.05, 0.1) is 16.7 Å². The Kier molecular flexibility index (Phi) is 10.8. The lowest BCUT2D eigenvalue weighted by atomic mass is 9.91. The van der Waals surface area contributed by atoms with Crippen LogP contribution in [0.3, 0.4) is 0 Å². The lowest BCUT2D eigenvalue weighted by molar-refractivity contribution is 1.53. The van der Waals surface area contributed by atoms with Gasteiger partial charge in [0, 0.05) is 16.7 Å². The number of hydrogen-bond donors (Lipinski definition) is 0. The highest BCUT2D eigenvalue weighted by Gasteiger charge is 2.13. The summed E-state index contributed by atoms with van der Waals surface area (Å²) in [6.07, 6.45) is 12.5.